The number of hydrogen-bond acceptors (Lipinski definition) is 2. The highest BCUT2D eigenvalue weighted by Crippen LogP contribution is 2.18. The third-order valence-corrected chi connectivity index (χ3v) is 2.90. The van der Waals surface area contributed by atoms with E-state index in [9.17, 15) is 0 Å². The first kappa shape index (κ1) is 11.8. The molecule has 0 aliphatic heterocycles. The van der Waals surface area contributed by atoms with Crippen LogP contribution in [-0.2, 0) is 13.0 Å². The van der Waals surface area contributed by atoms with E-state index in [-0.39, 0.29) is 0 Å². The Morgan fingerprint density at radius 3 is 2.47 bits per heavy atom. The Balaban J connectivity index is 2.30. The van der Waals surface area contributed by atoms with Crippen LogP contribution in [0.5, 0.6) is 0 Å². The number of hydrogen-bond donors (Lipinski definition) is 0. The van der Waals surface area contributed by atoms with Crippen molar-refractivity contribution in [3.63, 3.8) is 0 Å². The minimum Gasteiger partial charge on any atom is -0.244 e. The molecule has 0 saturated carbocycles. The zero-order chi connectivity index (χ0) is 12.3. The molecule has 3 nitrogen and oxygen atoms in total. The van der Waals surface area contributed by atoms with E-state index in [0.29, 0.717) is 5.92 Å². The molecular weight excluding hydrogens is 210 g/mol. The average Bonchev–Trinajstić information content (AvgIpc) is 2.73. The number of rotatable bonds is 4. The van der Waals surface area contributed by atoms with Gasteiger partial charge in [0.05, 0.1) is 17.9 Å². The number of aryl methyl sites for hydroxylation is 1. The summed E-state index contributed by atoms with van der Waals surface area (Å²) in [4.78, 5) is 0. The zero-order valence-corrected chi connectivity index (χ0v) is 10.7. The number of aromatic nitrogens is 3. The Morgan fingerprint density at radius 1 is 1.18 bits per heavy atom. The summed E-state index contributed by atoms with van der Waals surface area (Å²) >= 11 is 0. The van der Waals surface area contributed by atoms with Crippen molar-refractivity contribution >= 4 is 0 Å². The summed E-state index contributed by atoms with van der Waals surface area (Å²) in [7, 11) is 0. The molecular formula is C14H19N3. The van der Waals surface area contributed by atoms with Crippen molar-refractivity contribution in [2.45, 2.75) is 39.7 Å². The third-order valence-electron chi connectivity index (χ3n) is 2.90. The fourth-order valence-corrected chi connectivity index (χ4v) is 2.11. The molecule has 2 rings (SSSR count). The highest BCUT2D eigenvalue weighted by molar-refractivity contribution is 5.19. The number of benzene rings is 1. The molecule has 0 N–H and O–H groups in total. The molecule has 0 spiro atoms. The molecule has 0 aliphatic carbocycles. The largest absolute Gasteiger partial charge is 0.244 e. The predicted molar refractivity (Wildman–Crippen MR) is 69.0 cm³/mol. The van der Waals surface area contributed by atoms with Crippen LogP contribution in [0, 0.1) is 0 Å². The van der Waals surface area contributed by atoms with Crippen molar-refractivity contribution < 1.29 is 0 Å². The standard InChI is InChI=1S/C14H19N3/c1-4-13-14(11(2)3)17(16-15-13)10-12-8-6-5-7-9-12/h5-9,11H,4,10H2,1-3H3. The molecule has 0 bridgehead atoms. The summed E-state index contributed by atoms with van der Waals surface area (Å²) in [6.07, 6.45) is 0.947. The molecule has 3 heteroatoms. The quantitative estimate of drug-likeness (QED) is 0.807. The molecule has 1 aromatic heterocycles. The lowest BCUT2D eigenvalue weighted by atomic mass is 10.1. The van der Waals surface area contributed by atoms with Crippen molar-refractivity contribution in [3.05, 3.63) is 47.3 Å². The Hall–Kier alpha value is -1.64. The maximum Gasteiger partial charge on any atom is 0.0859 e. The zero-order valence-electron chi connectivity index (χ0n) is 10.7. The van der Waals surface area contributed by atoms with Crippen LogP contribution in [0.3, 0.4) is 0 Å². The Kier molecular flexibility index (Phi) is 3.57. The van der Waals surface area contributed by atoms with Crippen LogP contribution in [0.25, 0.3) is 0 Å². The van der Waals surface area contributed by atoms with E-state index in [1.54, 1.807) is 0 Å². The van der Waals surface area contributed by atoms with Gasteiger partial charge in [-0.25, -0.2) is 4.68 Å². The van der Waals surface area contributed by atoms with Gasteiger partial charge in [0, 0.05) is 0 Å². The summed E-state index contributed by atoms with van der Waals surface area (Å²) in [5, 5.41) is 8.54. The van der Waals surface area contributed by atoms with Gasteiger partial charge in [-0.15, -0.1) is 5.10 Å². The van der Waals surface area contributed by atoms with Gasteiger partial charge in [-0.05, 0) is 17.9 Å². The first-order chi connectivity index (χ1) is 8.22. The molecule has 2 aromatic rings. The number of nitrogens with zero attached hydrogens (tertiary/aromatic N) is 3. The molecule has 0 amide bonds. The SMILES string of the molecule is CCc1nnn(Cc2ccccc2)c1C(C)C. The van der Waals surface area contributed by atoms with E-state index in [2.05, 4.69) is 55.3 Å². The molecule has 0 saturated heterocycles. The predicted octanol–water partition coefficient (Wildman–Crippen LogP) is 3.01. The van der Waals surface area contributed by atoms with Crippen LogP contribution in [0.4, 0.5) is 0 Å². The fourth-order valence-electron chi connectivity index (χ4n) is 2.11. The van der Waals surface area contributed by atoms with Gasteiger partial charge < -0.3 is 0 Å². The summed E-state index contributed by atoms with van der Waals surface area (Å²) in [5.74, 6) is 0.462. The van der Waals surface area contributed by atoms with Gasteiger partial charge in [-0.1, -0.05) is 56.3 Å². The van der Waals surface area contributed by atoms with E-state index in [0.717, 1.165) is 18.7 Å². The van der Waals surface area contributed by atoms with Crippen LogP contribution in [0.15, 0.2) is 30.3 Å². The van der Waals surface area contributed by atoms with Crippen molar-refractivity contribution in [3.8, 4) is 0 Å². The lowest BCUT2D eigenvalue weighted by Crippen LogP contribution is -2.08. The van der Waals surface area contributed by atoms with E-state index in [1.165, 1.54) is 11.3 Å². The van der Waals surface area contributed by atoms with Crippen LogP contribution in [-0.4, -0.2) is 15.0 Å². The van der Waals surface area contributed by atoms with Gasteiger partial charge in [-0.2, -0.15) is 0 Å². The second kappa shape index (κ2) is 5.13. The van der Waals surface area contributed by atoms with Crippen molar-refractivity contribution in [2.75, 3.05) is 0 Å². The smallest absolute Gasteiger partial charge is 0.0859 e. The second-order valence-corrected chi connectivity index (χ2v) is 4.57. The van der Waals surface area contributed by atoms with Crippen LogP contribution >= 0.6 is 0 Å². The molecule has 17 heavy (non-hydrogen) atoms. The van der Waals surface area contributed by atoms with Gasteiger partial charge in [0.25, 0.3) is 0 Å². The third kappa shape index (κ3) is 2.54. The lowest BCUT2D eigenvalue weighted by molar-refractivity contribution is 0.597. The summed E-state index contributed by atoms with van der Waals surface area (Å²) in [6, 6.07) is 10.4. The minimum absolute atomic E-state index is 0.462. The van der Waals surface area contributed by atoms with Crippen LogP contribution in [0.2, 0.25) is 0 Å². The molecule has 1 heterocycles. The van der Waals surface area contributed by atoms with E-state index in [4.69, 9.17) is 0 Å². The van der Waals surface area contributed by atoms with E-state index in [1.807, 2.05) is 10.7 Å². The topological polar surface area (TPSA) is 30.7 Å². The maximum absolute atomic E-state index is 4.27. The van der Waals surface area contributed by atoms with Gasteiger partial charge in [0.15, 0.2) is 0 Å². The highest BCUT2D eigenvalue weighted by atomic mass is 15.4. The van der Waals surface area contributed by atoms with Crippen molar-refractivity contribution in [2.24, 2.45) is 0 Å². The monoisotopic (exact) mass is 229 g/mol. The van der Waals surface area contributed by atoms with E-state index >= 15 is 0 Å². The van der Waals surface area contributed by atoms with Gasteiger partial charge in [0.2, 0.25) is 0 Å². The molecule has 0 atom stereocenters. The molecule has 0 unspecified atom stereocenters. The van der Waals surface area contributed by atoms with Crippen LogP contribution < -0.4 is 0 Å². The molecule has 0 fully saturated rings. The minimum atomic E-state index is 0.462. The molecule has 90 valence electrons. The lowest BCUT2D eigenvalue weighted by Gasteiger charge is -2.10. The van der Waals surface area contributed by atoms with E-state index < -0.39 is 0 Å². The average molecular weight is 229 g/mol. The van der Waals surface area contributed by atoms with Crippen molar-refractivity contribution in [1.82, 2.24) is 15.0 Å². The van der Waals surface area contributed by atoms with Crippen LogP contribution in [0.1, 0.15) is 43.6 Å². The van der Waals surface area contributed by atoms with Crippen molar-refractivity contribution in [1.29, 1.82) is 0 Å². The Bertz CT molecular complexity index is 471. The molecule has 0 radical (unpaired) electrons. The highest BCUT2D eigenvalue weighted by Gasteiger charge is 2.14. The molecule has 1 aromatic carbocycles. The molecule has 0 aliphatic rings. The normalized spacial score (nSPS) is 11.1. The van der Waals surface area contributed by atoms with Gasteiger partial charge >= 0.3 is 0 Å². The summed E-state index contributed by atoms with van der Waals surface area (Å²) in [5.41, 5.74) is 3.65. The van der Waals surface area contributed by atoms with Gasteiger partial charge in [-0.3, -0.25) is 0 Å². The first-order valence-corrected chi connectivity index (χ1v) is 6.18. The second-order valence-electron chi connectivity index (χ2n) is 4.57. The maximum atomic E-state index is 4.27. The summed E-state index contributed by atoms with van der Waals surface area (Å²) < 4.78 is 2.03. The summed E-state index contributed by atoms with van der Waals surface area (Å²) in [6.45, 7) is 7.32. The Labute approximate surface area is 102 Å². The fraction of sp³-hybridized carbons (Fsp3) is 0.429. The first-order valence-electron chi connectivity index (χ1n) is 6.18. The van der Waals surface area contributed by atoms with Gasteiger partial charge in [0.1, 0.15) is 0 Å². The Morgan fingerprint density at radius 2 is 1.88 bits per heavy atom.